The zero-order valence-electron chi connectivity index (χ0n) is 19.4. The molecule has 170 valence electrons. The Labute approximate surface area is 197 Å². The van der Waals surface area contributed by atoms with Gasteiger partial charge in [-0.2, -0.15) is 5.26 Å². The second-order valence-electron chi connectivity index (χ2n) is 8.91. The summed E-state index contributed by atoms with van der Waals surface area (Å²) >= 11 is 0. The van der Waals surface area contributed by atoms with Crippen LogP contribution in [0.2, 0.25) is 0 Å². The lowest BCUT2D eigenvalue weighted by atomic mass is 9.89. The van der Waals surface area contributed by atoms with Crippen molar-refractivity contribution < 1.29 is 4.74 Å². The lowest BCUT2D eigenvalue weighted by Crippen LogP contribution is -2.09. The van der Waals surface area contributed by atoms with Gasteiger partial charge in [0.25, 0.3) is 0 Å². The highest BCUT2D eigenvalue weighted by molar-refractivity contribution is 5.79. The molecule has 0 saturated carbocycles. The topological polar surface area (TPSA) is 71.9 Å². The van der Waals surface area contributed by atoms with E-state index in [4.69, 9.17) is 15.5 Å². The van der Waals surface area contributed by atoms with Crippen molar-refractivity contribution in [2.24, 2.45) is 0 Å². The Kier molecular flexibility index (Phi) is 7.98. The minimum Gasteiger partial charge on any atom is -0.489 e. The van der Waals surface area contributed by atoms with E-state index in [-0.39, 0.29) is 0 Å². The van der Waals surface area contributed by atoms with Crippen molar-refractivity contribution in [1.29, 1.82) is 5.26 Å². The van der Waals surface area contributed by atoms with Gasteiger partial charge in [-0.1, -0.05) is 81.0 Å². The SMILES string of the molecule is N#Cc1c(N)nc2c(c1-c1cccc(OCc3ccccc3)c1)CCCCCCCCCC2. The van der Waals surface area contributed by atoms with Gasteiger partial charge in [-0.15, -0.1) is 0 Å². The Balaban J connectivity index is 1.70. The lowest BCUT2D eigenvalue weighted by molar-refractivity contribution is 0.306. The van der Waals surface area contributed by atoms with Crippen molar-refractivity contribution in [3.63, 3.8) is 0 Å². The van der Waals surface area contributed by atoms with Gasteiger partial charge in [-0.05, 0) is 54.5 Å². The molecular formula is C29H33N3O. The predicted molar refractivity (Wildman–Crippen MR) is 134 cm³/mol. The number of anilines is 1. The molecule has 2 aromatic carbocycles. The van der Waals surface area contributed by atoms with Gasteiger partial charge in [0, 0.05) is 11.3 Å². The number of aromatic nitrogens is 1. The van der Waals surface area contributed by atoms with Gasteiger partial charge in [0.05, 0.1) is 0 Å². The van der Waals surface area contributed by atoms with Gasteiger partial charge in [0.2, 0.25) is 0 Å². The normalized spacial score (nSPS) is 14.9. The zero-order valence-corrected chi connectivity index (χ0v) is 19.4. The fourth-order valence-corrected chi connectivity index (χ4v) is 4.74. The summed E-state index contributed by atoms with van der Waals surface area (Å²) < 4.78 is 6.08. The standard InChI is InChI=1S/C29H33N3O/c30-20-26-28(23-15-12-16-24(19-23)33-21-22-13-8-7-9-14-22)25-17-10-5-3-1-2-4-6-11-18-27(25)32-29(26)31/h7-9,12-16,19H,1-6,10-11,17-18,21H2,(H2,31,32). The van der Waals surface area contributed by atoms with Gasteiger partial charge in [0.1, 0.15) is 29.8 Å². The van der Waals surface area contributed by atoms with Crippen LogP contribution in [0.3, 0.4) is 0 Å². The number of aryl methyl sites for hydroxylation is 1. The number of hydrogen-bond acceptors (Lipinski definition) is 4. The fourth-order valence-electron chi connectivity index (χ4n) is 4.74. The molecule has 1 aliphatic carbocycles. The number of pyridine rings is 1. The highest BCUT2D eigenvalue weighted by atomic mass is 16.5. The van der Waals surface area contributed by atoms with E-state index in [1.807, 2.05) is 36.4 Å². The second kappa shape index (κ2) is 11.5. The van der Waals surface area contributed by atoms with E-state index < -0.39 is 0 Å². The van der Waals surface area contributed by atoms with E-state index in [0.29, 0.717) is 18.0 Å². The molecule has 0 bridgehead atoms. The fraction of sp³-hybridized carbons (Fsp3) is 0.379. The maximum absolute atomic E-state index is 9.99. The van der Waals surface area contributed by atoms with Crippen LogP contribution in [0.4, 0.5) is 5.82 Å². The van der Waals surface area contributed by atoms with E-state index in [1.165, 1.54) is 44.1 Å². The molecule has 0 spiro atoms. The van der Waals surface area contributed by atoms with Crippen LogP contribution in [0.5, 0.6) is 5.75 Å². The maximum Gasteiger partial charge on any atom is 0.142 e. The van der Waals surface area contributed by atoms with Gasteiger partial charge in [-0.3, -0.25) is 0 Å². The third-order valence-corrected chi connectivity index (χ3v) is 6.48. The summed E-state index contributed by atoms with van der Waals surface area (Å²) in [5, 5.41) is 9.99. The van der Waals surface area contributed by atoms with Crippen LogP contribution >= 0.6 is 0 Å². The molecule has 0 aliphatic heterocycles. The van der Waals surface area contributed by atoms with Crippen molar-refractivity contribution in [2.45, 2.75) is 70.8 Å². The molecule has 2 N–H and O–H groups in total. The third-order valence-electron chi connectivity index (χ3n) is 6.48. The molecule has 0 saturated heterocycles. The average Bonchev–Trinajstić information content (AvgIpc) is 2.84. The largest absolute Gasteiger partial charge is 0.489 e. The summed E-state index contributed by atoms with van der Waals surface area (Å²) in [6.07, 6.45) is 11.7. The smallest absolute Gasteiger partial charge is 0.142 e. The Morgan fingerprint density at radius 3 is 2.27 bits per heavy atom. The van der Waals surface area contributed by atoms with Gasteiger partial charge in [-0.25, -0.2) is 4.98 Å². The van der Waals surface area contributed by atoms with Crippen molar-refractivity contribution >= 4 is 5.82 Å². The summed E-state index contributed by atoms with van der Waals surface area (Å²) in [5.41, 5.74) is 12.1. The molecule has 4 nitrogen and oxygen atoms in total. The summed E-state index contributed by atoms with van der Waals surface area (Å²) in [6.45, 7) is 0.506. The Hall–Kier alpha value is -3.32. The van der Waals surface area contributed by atoms with Crippen LogP contribution in [0.1, 0.15) is 73.8 Å². The number of nitriles is 1. The zero-order chi connectivity index (χ0) is 22.9. The molecule has 1 aromatic heterocycles. The van der Waals surface area contributed by atoms with Crippen LogP contribution in [0.15, 0.2) is 54.6 Å². The summed E-state index contributed by atoms with van der Waals surface area (Å²) in [5.74, 6) is 1.13. The first-order valence-corrected chi connectivity index (χ1v) is 12.2. The molecule has 4 rings (SSSR count). The monoisotopic (exact) mass is 439 g/mol. The van der Waals surface area contributed by atoms with Crippen molar-refractivity contribution in [1.82, 2.24) is 4.98 Å². The molecule has 1 aliphatic rings. The maximum atomic E-state index is 9.99. The molecule has 0 atom stereocenters. The molecular weight excluding hydrogens is 406 g/mol. The quantitative estimate of drug-likeness (QED) is 0.475. The first-order chi connectivity index (χ1) is 16.3. The number of nitrogen functional groups attached to an aromatic ring is 1. The van der Waals surface area contributed by atoms with Gasteiger partial charge >= 0.3 is 0 Å². The van der Waals surface area contributed by atoms with Crippen LogP contribution in [-0.2, 0) is 19.4 Å². The number of hydrogen-bond donors (Lipinski definition) is 1. The summed E-state index contributed by atoms with van der Waals surface area (Å²) in [6, 6.07) is 20.5. The second-order valence-corrected chi connectivity index (χ2v) is 8.91. The van der Waals surface area contributed by atoms with Crippen LogP contribution in [0.25, 0.3) is 11.1 Å². The molecule has 3 aromatic rings. The number of nitrogens with zero attached hydrogens (tertiary/aromatic N) is 2. The summed E-state index contributed by atoms with van der Waals surface area (Å²) in [4.78, 5) is 4.72. The minimum atomic E-state index is 0.342. The minimum absolute atomic E-state index is 0.342. The van der Waals surface area contributed by atoms with Gasteiger partial charge < -0.3 is 10.5 Å². The van der Waals surface area contributed by atoms with Crippen molar-refractivity contribution in [2.75, 3.05) is 5.73 Å². The van der Waals surface area contributed by atoms with Crippen LogP contribution in [-0.4, -0.2) is 4.98 Å². The number of rotatable bonds is 4. The number of nitrogens with two attached hydrogens (primary N) is 1. The lowest BCUT2D eigenvalue weighted by Gasteiger charge is -2.19. The first-order valence-electron chi connectivity index (χ1n) is 12.2. The molecule has 4 heteroatoms. The Morgan fingerprint density at radius 2 is 1.55 bits per heavy atom. The van der Waals surface area contributed by atoms with E-state index in [0.717, 1.165) is 53.8 Å². The van der Waals surface area contributed by atoms with E-state index in [1.54, 1.807) is 0 Å². The van der Waals surface area contributed by atoms with Crippen molar-refractivity contribution in [3.05, 3.63) is 77.0 Å². The first kappa shape index (κ1) is 22.9. The molecule has 1 heterocycles. The molecule has 0 amide bonds. The number of benzene rings is 2. The van der Waals surface area contributed by atoms with E-state index >= 15 is 0 Å². The Morgan fingerprint density at radius 1 is 0.848 bits per heavy atom. The summed E-state index contributed by atoms with van der Waals surface area (Å²) in [7, 11) is 0. The van der Waals surface area contributed by atoms with Crippen LogP contribution in [0, 0.1) is 11.3 Å². The highest BCUT2D eigenvalue weighted by Crippen LogP contribution is 2.36. The number of fused-ring (bicyclic) bond motifs is 1. The van der Waals surface area contributed by atoms with Crippen LogP contribution < -0.4 is 10.5 Å². The third kappa shape index (κ3) is 5.93. The molecule has 33 heavy (non-hydrogen) atoms. The average molecular weight is 440 g/mol. The molecule has 0 fully saturated rings. The molecule has 0 radical (unpaired) electrons. The Bertz CT molecular complexity index is 1100. The van der Waals surface area contributed by atoms with Gasteiger partial charge in [0.15, 0.2) is 0 Å². The highest BCUT2D eigenvalue weighted by Gasteiger charge is 2.20. The molecule has 0 unspecified atom stereocenters. The van der Waals surface area contributed by atoms with E-state index in [2.05, 4.69) is 24.3 Å². The predicted octanol–water partition coefficient (Wildman–Crippen LogP) is 7.00. The van der Waals surface area contributed by atoms with Crippen molar-refractivity contribution in [3.8, 4) is 22.9 Å². The van der Waals surface area contributed by atoms with E-state index in [9.17, 15) is 5.26 Å². The number of ether oxygens (including phenoxy) is 1.